The number of hydrogen-bond acceptors (Lipinski definition) is 6. The minimum Gasteiger partial charge on any atom is -0.466 e. The summed E-state index contributed by atoms with van der Waals surface area (Å²) < 4.78 is 4.96. The maximum Gasteiger partial charge on any atom is 0.307 e. The molecule has 0 spiro atoms. The second kappa shape index (κ2) is 11.2. The third kappa shape index (κ3) is 6.56. The normalized spacial score (nSPS) is 10.2. The molecule has 8 nitrogen and oxygen atoms in total. The first kappa shape index (κ1) is 22.4. The molecule has 2 aromatic rings. The van der Waals surface area contributed by atoms with Crippen LogP contribution in [0.4, 0.5) is 11.5 Å². The number of aromatic nitrogens is 1. The van der Waals surface area contributed by atoms with Gasteiger partial charge < -0.3 is 4.74 Å². The number of rotatable bonds is 9. The molecule has 1 aromatic carbocycles. The van der Waals surface area contributed by atoms with E-state index < -0.39 is 0 Å². The Balaban J connectivity index is 2.25. The number of esters is 1. The van der Waals surface area contributed by atoms with Gasteiger partial charge in [-0.1, -0.05) is 28.1 Å². The SMILES string of the molecule is CCOC(=O)CCN(C(=O)c1cccc(N(C)NC(=O)CBr)c1)c1ccccn1. The van der Waals surface area contributed by atoms with E-state index >= 15 is 0 Å². The molecule has 0 aliphatic carbocycles. The quantitative estimate of drug-likeness (QED) is 0.349. The van der Waals surface area contributed by atoms with Crippen molar-refractivity contribution in [2.75, 3.05) is 35.4 Å². The molecule has 154 valence electrons. The third-order valence-electron chi connectivity index (χ3n) is 3.91. The van der Waals surface area contributed by atoms with Gasteiger partial charge in [-0.25, -0.2) is 4.98 Å². The monoisotopic (exact) mass is 462 g/mol. The summed E-state index contributed by atoms with van der Waals surface area (Å²) in [6, 6.07) is 12.1. The van der Waals surface area contributed by atoms with E-state index in [1.807, 2.05) is 0 Å². The Morgan fingerprint density at radius 2 is 1.97 bits per heavy atom. The van der Waals surface area contributed by atoms with Gasteiger partial charge in [0.1, 0.15) is 5.82 Å². The van der Waals surface area contributed by atoms with Crippen LogP contribution >= 0.6 is 15.9 Å². The molecule has 0 saturated heterocycles. The van der Waals surface area contributed by atoms with Crippen LogP contribution in [0.3, 0.4) is 0 Å². The van der Waals surface area contributed by atoms with Gasteiger partial charge >= 0.3 is 5.97 Å². The summed E-state index contributed by atoms with van der Waals surface area (Å²) in [4.78, 5) is 42.2. The van der Waals surface area contributed by atoms with Gasteiger partial charge in [-0.2, -0.15) is 0 Å². The zero-order valence-electron chi connectivity index (χ0n) is 16.3. The first-order valence-corrected chi connectivity index (χ1v) is 10.2. The Morgan fingerprint density at radius 3 is 2.62 bits per heavy atom. The lowest BCUT2D eigenvalue weighted by atomic mass is 10.1. The minimum atomic E-state index is -0.382. The van der Waals surface area contributed by atoms with Crippen LogP contribution < -0.4 is 15.3 Å². The highest BCUT2D eigenvalue weighted by Crippen LogP contribution is 2.19. The Hall–Kier alpha value is -2.94. The van der Waals surface area contributed by atoms with Gasteiger partial charge in [0.25, 0.3) is 5.91 Å². The van der Waals surface area contributed by atoms with Crippen molar-refractivity contribution in [2.24, 2.45) is 0 Å². The van der Waals surface area contributed by atoms with Crippen LogP contribution in [0.25, 0.3) is 0 Å². The summed E-state index contributed by atoms with van der Waals surface area (Å²) in [7, 11) is 1.68. The lowest BCUT2D eigenvalue weighted by molar-refractivity contribution is -0.142. The zero-order chi connectivity index (χ0) is 21.2. The molecule has 0 unspecified atom stereocenters. The van der Waals surface area contributed by atoms with E-state index in [2.05, 4.69) is 26.3 Å². The average molecular weight is 463 g/mol. The fourth-order valence-corrected chi connectivity index (χ4v) is 2.68. The number of hydrogen-bond donors (Lipinski definition) is 1. The van der Waals surface area contributed by atoms with E-state index in [1.165, 1.54) is 9.91 Å². The number of benzene rings is 1. The molecule has 0 radical (unpaired) electrons. The van der Waals surface area contributed by atoms with Crippen LogP contribution in [0.5, 0.6) is 0 Å². The summed E-state index contributed by atoms with van der Waals surface area (Å²) >= 11 is 3.09. The number of alkyl halides is 1. The second-order valence-corrected chi connectivity index (χ2v) is 6.54. The number of nitrogens with one attached hydrogen (secondary N) is 1. The Morgan fingerprint density at radius 1 is 1.17 bits per heavy atom. The smallest absolute Gasteiger partial charge is 0.307 e. The number of ether oxygens (including phenoxy) is 1. The third-order valence-corrected chi connectivity index (χ3v) is 4.42. The Bertz CT molecular complexity index is 847. The molecule has 0 aliphatic rings. The predicted octanol–water partition coefficient (Wildman–Crippen LogP) is 2.54. The lowest BCUT2D eigenvalue weighted by Crippen LogP contribution is -2.40. The van der Waals surface area contributed by atoms with Crippen molar-refractivity contribution in [1.29, 1.82) is 0 Å². The highest BCUT2D eigenvalue weighted by Gasteiger charge is 2.21. The van der Waals surface area contributed by atoms with Gasteiger partial charge in [-0.3, -0.25) is 29.7 Å². The molecular weight excluding hydrogens is 440 g/mol. The average Bonchev–Trinajstić information content (AvgIpc) is 2.74. The van der Waals surface area contributed by atoms with Gasteiger partial charge in [0.05, 0.1) is 24.0 Å². The molecular formula is C20H23BrN4O4. The van der Waals surface area contributed by atoms with Gasteiger partial charge in [0.15, 0.2) is 0 Å². The van der Waals surface area contributed by atoms with Crippen molar-refractivity contribution in [3.63, 3.8) is 0 Å². The van der Waals surface area contributed by atoms with Gasteiger partial charge in [-0.05, 0) is 37.3 Å². The summed E-state index contributed by atoms with van der Waals surface area (Å²) in [6.07, 6.45) is 1.64. The molecule has 0 bridgehead atoms. The lowest BCUT2D eigenvalue weighted by Gasteiger charge is -2.23. The van der Waals surface area contributed by atoms with E-state index in [1.54, 1.807) is 62.6 Å². The highest BCUT2D eigenvalue weighted by molar-refractivity contribution is 9.09. The molecule has 1 aromatic heterocycles. The van der Waals surface area contributed by atoms with Crippen molar-refractivity contribution in [2.45, 2.75) is 13.3 Å². The fourth-order valence-electron chi connectivity index (χ4n) is 2.55. The molecule has 2 amide bonds. The van der Waals surface area contributed by atoms with Crippen molar-refractivity contribution in [1.82, 2.24) is 10.4 Å². The number of nitrogens with zero attached hydrogens (tertiary/aromatic N) is 3. The van der Waals surface area contributed by atoms with E-state index in [4.69, 9.17) is 4.74 Å². The molecule has 29 heavy (non-hydrogen) atoms. The number of pyridine rings is 1. The van der Waals surface area contributed by atoms with Crippen LogP contribution in [0.2, 0.25) is 0 Å². The largest absolute Gasteiger partial charge is 0.466 e. The summed E-state index contributed by atoms with van der Waals surface area (Å²) in [5.74, 6) is -0.468. The summed E-state index contributed by atoms with van der Waals surface area (Å²) in [6.45, 7) is 2.15. The zero-order valence-corrected chi connectivity index (χ0v) is 17.9. The molecule has 1 N–H and O–H groups in total. The topological polar surface area (TPSA) is 91.8 Å². The number of carbonyl (C=O) groups excluding carboxylic acids is 3. The van der Waals surface area contributed by atoms with Crippen molar-refractivity contribution in [3.8, 4) is 0 Å². The molecule has 1 heterocycles. The number of hydrazine groups is 1. The van der Waals surface area contributed by atoms with Crippen LogP contribution in [-0.4, -0.2) is 48.3 Å². The Kier molecular flexibility index (Phi) is 8.60. The van der Waals surface area contributed by atoms with E-state index in [0.29, 0.717) is 17.1 Å². The minimum absolute atomic E-state index is 0.0526. The second-order valence-electron chi connectivity index (χ2n) is 5.98. The first-order chi connectivity index (χ1) is 14.0. The number of carbonyl (C=O) groups is 3. The summed E-state index contributed by atoms with van der Waals surface area (Å²) in [5, 5.41) is 1.70. The molecule has 2 rings (SSSR count). The first-order valence-electron chi connectivity index (χ1n) is 9.04. The number of anilines is 2. The molecule has 9 heteroatoms. The maximum atomic E-state index is 13.2. The molecule has 0 saturated carbocycles. The maximum absolute atomic E-state index is 13.2. The predicted molar refractivity (Wildman–Crippen MR) is 114 cm³/mol. The van der Waals surface area contributed by atoms with Crippen LogP contribution in [0, 0.1) is 0 Å². The molecule has 0 fully saturated rings. The van der Waals surface area contributed by atoms with Gasteiger partial charge in [-0.15, -0.1) is 0 Å². The van der Waals surface area contributed by atoms with Crippen LogP contribution in [0.15, 0.2) is 48.7 Å². The number of halogens is 1. The van der Waals surface area contributed by atoms with Gasteiger partial charge in [0, 0.05) is 25.4 Å². The Labute approximate surface area is 177 Å². The summed E-state index contributed by atoms with van der Waals surface area (Å²) in [5.41, 5.74) is 3.71. The van der Waals surface area contributed by atoms with E-state index in [9.17, 15) is 14.4 Å². The fraction of sp³-hybridized carbons (Fsp3) is 0.300. The number of amides is 2. The van der Waals surface area contributed by atoms with Crippen molar-refractivity contribution in [3.05, 3.63) is 54.2 Å². The highest BCUT2D eigenvalue weighted by atomic mass is 79.9. The van der Waals surface area contributed by atoms with Crippen LogP contribution in [0.1, 0.15) is 23.7 Å². The molecule has 0 atom stereocenters. The van der Waals surface area contributed by atoms with Crippen LogP contribution in [-0.2, 0) is 14.3 Å². The van der Waals surface area contributed by atoms with Crippen molar-refractivity contribution >= 4 is 45.2 Å². The van der Waals surface area contributed by atoms with Gasteiger partial charge in [0.2, 0.25) is 5.91 Å². The van der Waals surface area contributed by atoms with E-state index in [-0.39, 0.29) is 42.7 Å². The standard InChI is InChI=1S/C20H23BrN4O4/c1-3-29-19(27)10-12-25(17-9-4-5-11-22-17)20(28)15-7-6-8-16(13-15)24(2)23-18(26)14-21/h4-9,11,13H,3,10,12,14H2,1-2H3,(H,23,26). The van der Waals surface area contributed by atoms with Crippen molar-refractivity contribution < 1.29 is 19.1 Å². The molecule has 0 aliphatic heterocycles. The van der Waals surface area contributed by atoms with E-state index in [0.717, 1.165) is 0 Å².